The number of carboxylic acids is 1. The van der Waals surface area contributed by atoms with Crippen LogP contribution in [-0.4, -0.2) is 53.6 Å². The highest BCUT2D eigenvalue weighted by Gasteiger charge is 2.28. The van der Waals surface area contributed by atoms with E-state index in [2.05, 4.69) is 4.74 Å². The molecule has 0 spiro atoms. The molecule has 0 bridgehead atoms. The van der Waals surface area contributed by atoms with Crippen molar-refractivity contribution in [1.82, 2.24) is 4.90 Å². The average molecular weight is 246 g/mol. The van der Waals surface area contributed by atoms with Gasteiger partial charge in [0.15, 0.2) is 6.04 Å². The molecule has 0 rings (SSSR count). The maximum absolute atomic E-state index is 11.7. The molecule has 7 heteroatoms. The second-order valence-corrected chi connectivity index (χ2v) is 3.38. The molecule has 3 N–H and O–H groups in total. The van der Waals surface area contributed by atoms with Crippen molar-refractivity contribution in [2.24, 2.45) is 5.73 Å². The average Bonchev–Trinajstić information content (AvgIpc) is 2.26. The lowest BCUT2D eigenvalue weighted by Gasteiger charge is -2.22. The normalized spacial score (nSPS) is 11.7. The third-order valence-corrected chi connectivity index (χ3v) is 1.94. The van der Waals surface area contributed by atoms with E-state index in [4.69, 9.17) is 10.8 Å². The monoisotopic (exact) mass is 246 g/mol. The number of amides is 1. The molecule has 17 heavy (non-hydrogen) atoms. The molecule has 1 amide bonds. The number of esters is 1. The van der Waals surface area contributed by atoms with Gasteiger partial charge in [0.05, 0.1) is 6.61 Å². The number of hydrogen-bond donors (Lipinski definition) is 2. The molecule has 98 valence electrons. The van der Waals surface area contributed by atoms with Crippen molar-refractivity contribution >= 4 is 17.8 Å². The Kier molecular flexibility index (Phi) is 6.88. The number of hydrogen-bond acceptors (Lipinski definition) is 5. The van der Waals surface area contributed by atoms with Crippen LogP contribution < -0.4 is 5.73 Å². The Morgan fingerprint density at radius 2 is 1.94 bits per heavy atom. The second-order valence-electron chi connectivity index (χ2n) is 3.38. The molecule has 1 atom stereocenters. The summed E-state index contributed by atoms with van der Waals surface area (Å²) in [5, 5.41) is 8.63. The highest BCUT2D eigenvalue weighted by molar-refractivity contribution is 6.02. The van der Waals surface area contributed by atoms with E-state index in [1.54, 1.807) is 13.8 Å². The van der Waals surface area contributed by atoms with E-state index >= 15 is 0 Å². The fourth-order valence-corrected chi connectivity index (χ4v) is 1.23. The van der Waals surface area contributed by atoms with Crippen molar-refractivity contribution in [3.05, 3.63) is 0 Å². The largest absolute Gasteiger partial charge is 0.480 e. The number of rotatable bonds is 7. The smallest absolute Gasteiger partial charge is 0.332 e. The maximum atomic E-state index is 11.7. The molecule has 0 aliphatic heterocycles. The molecule has 0 aliphatic rings. The topological polar surface area (TPSA) is 110 Å². The number of carbonyl (C=O) groups is 3. The molecule has 0 fully saturated rings. The van der Waals surface area contributed by atoms with Crippen molar-refractivity contribution in [3.8, 4) is 0 Å². The Morgan fingerprint density at radius 1 is 1.35 bits per heavy atom. The van der Waals surface area contributed by atoms with Gasteiger partial charge in [0.2, 0.25) is 0 Å². The van der Waals surface area contributed by atoms with Crippen molar-refractivity contribution in [2.75, 3.05) is 19.7 Å². The van der Waals surface area contributed by atoms with Gasteiger partial charge in [0, 0.05) is 6.54 Å². The Hall–Kier alpha value is -1.63. The summed E-state index contributed by atoms with van der Waals surface area (Å²) in [5.41, 5.74) is 5.40. The van der Waals surface area contributed by atoms with E-state index in [0.717, 1.165) is 4.90 Å². The standard InChI is InChI=1S/C10H18N2O5/c1-3-5-12(6-7(13)14)9(15)8(11)10(16)17-4-2/h8H,3-6,11H2,1-2H3,(H,13,14). The van der Waals surface area contributed by atoms with E-state index in [0.29, 0.717) is 6.42 Å². The molecular weight excluding hydrogens is 228 g/mol. The number of carboxylic acid groups (broad SMARTS) is 1. The third kappa shape index (κ3) is 5.30. The first-order valence-corrected chi connectivity index (χ1v) is 5.36. The van der Waals surface area contributed by atoms with Crippen LogP contribution in [0.2, 0.25) is 0 Å². The number of nitrogens with two attached hydrogens (primary N) is 1. The lowest BCUT2D eigenvalue weighted by molar-refractivity contribution is -0.153. The van der Waals surface area contributed by atoms with Gasteiger partial charge in [-0.25, -0.2) is 4.79 Å². The molecule has 0 saturated heterocycles. The van der Waals surface area contributed by atoms with Gasteiger partial charge in [-0.2, -0.15) is 0 Å². The van der Waals surface area contributed by atoms with E-state index < -0.39 is 30.4 Å². The van der Waals surface area contributed by atoms with Crippen LogP contribution >= 0.6 is 0 Å². The number of carbonyl (C=O) groups excluding carboxylic acids is 2. The molecule has 0 radical (unpaired) electrons. The van der Waals surface area contributed by atoms with Crippen molar-refractivity contribution < 1.29 is 24.2 Å². The minimum absolute atomic E-state index is 0.118. The van der Waals surface area contributed by atoms with Gasteiger partial charge in [0.1, 0.15) is 6.54 Å². The first kappa shape index (κ1) is 15.4. The lowest BCUT2D eigenvalue weighted by atomic mass is 10.2. The Bertz CT molecular complexity index is 292. The van der Waals surface area contributed by atoms with Crippen molar-refractivity contribution in [1.29, 1.82) is 0 Å². The SMILES string of the molecule is CCCN(CC(=O)O)C(=O)C(N)C(=O)OCC. The predicted molar refractivity (Wildman–Crippen MR) is 59.1 cm³/mol. The summed E-state index contributed by atoms with van der Waals surface area (Å²) in [6.07, 6.45) is 0.578. The van der Waals surface area contributed by atoms with Crippen LogP contribution in [-0.2, 0) is 19.1 Å². The molecule has 7 nitrogen and oxygen atoms in total. The minimum atomic E-state index is -1.46. The number of nitrogens with zero attached hydrogens (tertiary/aromatic N) is 1. The summed E-state index contributed by atoms with van der Waals surface area (Å²) in [5.74, 6) is -2.72. The summed E-state index contributed by atoms with van der Waals surface area (Å²) in [6.45, 7) is 3.26. The van der Waals surface area contributed by atoms with Gasteiger partial charge in [-0.3, -0.25) is 9.59 Å². The fraction of sp³-hybridized carbons (Fsp3) is 0.700. The highest BCUT2D eigenvalue weighted by Crippen LogP contribution is 1.98. The van der Waals surface area contributed by atoms with Gasteiger partial charge in [0.25, 0.3) is 5.91 Å². The number of ether oxygens (including phenoxy) is 1. The van der Waals surface area contributed by atoms with Gasteiger partial charge in [-0.05, 0) is 13.3 Å². The number of aliphatic carboxylic acids is 1. The van der Waals surface area contributed by atoms with Crippen LogP contribution in [0.4, 0.5) is 0 Å². The van der Waals surface area contributed by atoms with Gasteiger partial charge < -0.3 is 20.5 Å². The van der Waals surface area contributed by atoms with E-state index in [1.807, 2.05) is 0 Å². The molecule has 0 heterocycles. The Labute approximate surface area is 99.5 Å². The van der Waals surface area contributed by atoms with E-state index in [9.17, 15) is 14.4 Å². The molecule has 0 aromatic carbocycles. The van der Waals surface area contributed by atoms with E-state index in [-0.39, 0.29) is 13.2 Å². The van der Waals surface area contributed by atoms with Crippen LogP contribution in [0.5, 0.6) is 0 Å². The second kappa shape index (κ2) is 7.61. The molecule has 0 aliphatic carbocycles. The first-order chi connectivity index (χ1) is 7.93. The summed E-state index contributed by atoms with van der Waals surface area (Å²) < 4.78 is 4.60. The molecule has 0 saturated carbocycles. The van der Waals surface area contributed by atoms with Crippen LogP contribution in [0.3, 0.4) is 0 Å². The summed E-state index contributed by atoms with van der Waals surface area (Å²) in [4.78, 5) is 34.5. The molecule has 0 aromatic heterocycles. The zero-order valence-electron chi connectivity index (χ0n) is 10.0. The van der Waals surface area contributed by atoms with Crippen LogP contribution in [0.25, 0.3) is 0 Å². The molecular formula is C10H18N2O5. The highest BCUT2D eigenvalue weighted by atomic mass is 16.5. The molecule has 0 aromatic rings. The Morgan fingerprint density at radius 3 is 2.35 bits per heavy atom. The quantitative estimate of drug-likeness (QED) is 0.449. The van der Waals surface area contributed by atoms with Crippen LogP contribution in [0.15, 0.2) is 0 Å². The zero-order valence-corrected chi connectivity index (χ0v) is 10.0. The zero-order chi connectivity index (χ0) is 13.4. The summed E-state index contributed by atoms with van der Waals surface area (Å²) >= 11 is 0. The predicted octanol–water partition coefficient (Wildman–Crippen LogP) is -0.800. The van der Waals surface area contributed by atoms with Gasteiger partial charge in [-0.1, -0.05) is 6.92 Å². The maximum Gasteiger partial charge on any atom is 0.332 e. The third-order valence-electron chi connectivity index (χ3n) is 1.94. The first-order valence-electron chi connectivity index (χ1n) is 5.36. The van der Waals surface area contributed by atoms with Crippen LogP contribution in [0, 0.1) is 0 Å². The van der Waals surface area contributed by atoms with E-state index in [1.165, 1.54) is 0 Å². The summed E-state index contributed by atoms with van der Waals surface area (Å²) in [7, 11) is 0. The van der Waals surface area contributed by atoms with Crippen molar-refractivity contribution in [3.63, 3.8) is 0 Å². The molecule has 1 unspecified atom stereocenters. The lowest BCUT2D eigenvalue weighted by Crippen LogP contribution is -2.50. The summed E-state index contributed by atoms with van der Waals surface area (Å²) in [6, 6.07) is -1.46. The van der Waals surface area contributed by atoms with Gasteiger partial charge in [-0.15, -0.1) is 0 Å². The fourth-order valence-electron chi connectivity index (χ4n) is 1.23. The van der Waals surface area contributed by atoms with Crippen LogP contribution in [0.1, 0.15) is 20.3 Å². The van der Waals surface area contributed by atoms with Crippen molar-refractivity contribution in [2.45, 2.75) is 26.3 Å². The minimum Gasteiger partial charge on any atom is -0.480 e. The Balaban J connectivity index is 4.58. The van der Waals surface area contributed by atoms with Gasteiger partial charge >= 0.3 is 11.9 Å².